The zero-order valence-electron chi connectivity index (χ0n) is 17.8. The number of likely N-dealkylation sites (N-methyl/N-ethyl adjacent to an activating group) is 1. The smallest absolute Gasteiger partial charge is 0.123 e. The van der Waals surface area contributed by atoms with Gasteiger partial charge in [0.25, 0.3) is 0 Å². The van der Waals surface area contributed by atoms with Crippen LogP contribution in [0, 0.1) is 23.1 Å². The van der Waals surface area contributed by atoms with E-state index < -0.39 is 5.41 Å². The molecule has 3 rings (SSSR count). The van der Waals surface area contributed by atoms with Crippen LogP contribution in [0.4, 0.5) is 4.39 Å². The average Bonchev–Trinajstić information content (AvgIpc) is 3.60. The molecule has 1 aliphatic carbocycles. The van der Waals surface area contributed by atoms with Crippen molar-refractivity contribution in [2.75, 3.05) is 13.1 Å². The summed E-state index contributed by atoms with van der Waals surface area (Å²) in [4.78, 5) is 2.56. The summed E-state index contributed by atoms with van der Waals surface area (Å²) in [5.74, 6) is 0.177. The molecule has 0 heterocycles. The topological polar surface area (TPSA) is 27.0 Å². The molecule has 1 fully saturated rings. The molecule has 1 aliphatic rings. The molecular weight excluding hydrogens is 359 g/mol. The van der Waals surface area contributed by atoms with Crippen molar-refractivity contribution in [3.8, 4) is 6.07 Å². The van der Waals surface area contributed by atoms with Gasteiger partial charge in [0.2, 0.25) is 0 Å². The molecule has 0 N–H and O–H groups in total. The SMILES string of the molecule is CCC(CCC(C#N)(c1ccc(F)cc1)C1CC1)N(CC)CCc1ccccc1. The van der Waals surface area contributed by atoms with Crippen molar-refractivity contribution < 1.29 is 4.39 Å². The summed E-state index contributed by atoms with van der Waals surface area (Å²) in [7, 11) is 0. The normalized spacial score (nSPS) is 16.9. The number of halogens is 1. The van der Waals surface area contributed by atoms with Crippen LogP contribution in [0.1, 0.15) is 57.1 Å². The van der Waals surface area contributed by atoms with E-state index in [2.05, 4.69) is 55.1 Å². The fourth-order valence-electron chi connectivity index (χ4n) is 4.67. The molecule has 154 valence electrons. The van der Waals surface area contributed by atoms with Crippen LogP contribution in [0.5, 0.6) is 0 Å². The van der Waals surface area contributed by atoms with Gasteiger partial charge in [-0.2, -0.15) is 5.26 Å². The van der Waals surface area contributed by atoms with Gasteiger partial charge in [-0.25, -0.2) is 4.39 Å². The second-order valence-corrected chi connectivity index (χ2v) is 8.33. The zero-order valence-corrected chi connectivity index (χ0v) is 17.8. The van der Waals surface area contributed by atoms with Gasteiger partial charge in [-0.1, -0.05) is 56.3 Å². The molecule has 0 saturated heterocycles. The molecule has 0 spiro atoms. The van der Waals surface area contributed by atoms with E-state index in [0.717, 1.165) is 57.2 Å². The van der Waals surface area contributed by atoms with Gasteiger partial charge in [-0.05, 0) is 74.2 Å². The molecule has 0 radical (unpaired) electrons. The number of hydrogen-bond donors (Lipinski definition) is 0. The van der Waals surface area contributed by atoms with E-state index in [-0.39, 0.29) is 5.82 Å². The van der Waals surface area contributed by atoms with Crippen molar-refractivity contribution in [2.24, 2.45) is 5.92 Å². The molecular formula is C26H33FN2. The molecule has 0 aliphatic heterocycles. The third-order valence-corrected chi connectivity index (χ3v) is 6.63. The fourth-order valence-corrected chi connectivity index (χ4v) is 4.67. The molecule has 0 aromatic heterocycles. The zero-order chi connectivity index (χ0) is 20.7. The Bertz CT molecular complexity index is 792. The highest BCUT2D eigenvalue weighted by atomic mass is 19.1. The summed E-state index contributed by atoms with van der Waals surface area (Å²) in [6, 6.07) is 20.4. The van der Waals surface area contributed by atoms with Crippen LogP contribution in [-0.2, 0) is 11.8 Å². The minimum atomic E-state index is -0.472. The summed E-state index contributed by atoms with van der Waals surface area (Å²) in [6.45, 7) is 6.54. The Morgan fingerprint density at radius 3 is 2.34 bits per heavy atom. The summed E-state index contributed by atoms with van der Waals surface area (Å²) >= 11 is 0. The van der Waals surface area contributed by atoms with Crippen molar-refractivity contribution >= 4 is 0 Å². The van der Waals surface area contributed by atoms with E-state index in [1.807, 2.05) is 12.1 Å². The van der Waals surface area contributed by atoms with Gasteiger partial charge >= 0.3 is 0 Å². The number of hydrogen-bond acceptors (Lipinski definition) is 2. The van der Waals surface area contributed by atoms with Gasteiger partial charge in [0, 0.05) is 12.6 Å². The molecule has 1 saturated carbocycles. The van der Waals surface area contributed by atoms with Crippen LogP contribution in [0.15, 0.2) is 54.6 Å². The van der Waals surface area contributed by atoms with Crippen LogP contribution in [0.3, 0.4) is 0 Å². The Balaban J connectivity index is 1.69. The van der Waals surface area contributed by atoms with Crippen molar-refractivity contribution in [3.63, 3.8) is 0 Å². The standard InChI is InChI=1S/C26H33FN2/c1-3-25(29(4-2)19-17-21-8-6-5-7-9-21)16-18-26(20-28,22-10-11-22)23-12-14-24(27)15-13-23/h5-9,12-15,22,25H,3-4,10-11,16-19H2,1-2H3. The first kappa shape index (κ1) is 21.5. The van der Waals surface area contributed by atoms with Gasteiger partial charge < -0.3 is 4.90 Å². The Labute approximate surface area is 175 Å². The lowest BCUT2D eigenvalue weighted by Gasteiger charge is -2.34. The molecule has 2 aromatic carbocycles. The Morgan fingerprint density at radius 2 is 1.79 bits per heavy atom. The number of benzene rings is 2. The molecule has 0 amide bonds. The fraction of sp³-hybridized carbons (Fsp3) is 0.500. The van der Waals surface area contributed by atoms with E-state index in [9.17, 15) is 9.65 Å². The molecule has 3 heteroatoms. The van der Waals surface area contributed by atoms with E-state index in [0.29, 0.717) is 12.0 Å². The lowest BCUT2D eigenvalue weighted by atomic mass is 9.73. The molecule has 2 nitrogen and oxygen atoms in total. The highest BCUT2D eigenvalue weighted by molar-refractivity contribution is 5.35. The van der Waals surface area contributed by atoms with Gasteiger partial charge in [-0.3, -0.25) is 0 Å². The first-order valence-electron chi connectivity index (χ1n) is 11.1. The Morgan fingerprint density at radius 1 is 1.10 bits per heavy atom. The van der Waals surface area contributed by atoms with Gasteiger partial charge in [0.15, 0.2) is 0 Å². The highest BCUT2D eigenvalue weighted by Crippen LogP contribution is 2.50. The lowest BCUT2D eigenvalue weighted by Crippen LogP contribution is -2.38. The second-order valence-electron chi connectivity index (χ2n) is 8.33. The predicted octanol–water partition coefficient (Wildman–Crippen LogP) is 6.12. The molecule has 29 heavy (non-hydrogen) atoms. The van der Waals surface area contributed by atoms with Gasteiger partial charge in [0.1, 0.15) is 5.82 Å². The molecule has 0 bridgehead atoms. The molecule has 2 aromatic rings. The summed E-state index contributed by atoms with van der Waals surface area (Å²) < 4.78 is 13.5. The third kappa shape index (κ3) is 5.25. The van der Waals surface area contributed by atoms with Gasteiger partial charge in [0.05, 0.1) is 11.5 Å². The van der Waals surface area contributed by atoms with E-state index in [1.165, 1.54) is 17.7 Å². The maximum Gasteiger partial charge on any atom is 0.123 e. The van der Waals surface area contributed by atoms with Crippen LogP contribution in [0.2, 0.25) is 0 Å². The number of rotatable bonds is 11. The van der Waals surface area contributed by atoms with Crippen molar-refractivity contribution in [2.45, 2.75) is 63.8 Å². The van der Waals surface area contributed by atoms with Crippen molar-refractivity contribution in [1.82, 2.24) is 4.90 Å². The minimum Gasteiger partial charge on any atom is -0.300 e. The number of nitrogens with zero attached hydrogens (tertiary/aromatic N) is 2. The highest BCUT2D eigenvalue weighted by Gasteiger charge is 2.47. The number of nitriles is 1. The summed E-state index contributed by atoms with van der Waals surface area (Å²) in [5.41, 5.74) is 1.89. The third-order valence-electron chi connectivity index (χ3n) is 6.63. The van der Waals surface area contributed by atoms with Crippen LogP contribution in [-0.4, -0.2) is 24.0 Å². The first-order chi connectivity index (χ1) is 14.1. The van der Waals surface area contributed by atoms with Crippen LogP contribution >= 0.6 is 0 Å². The quantitative estimate of drug-likeness (QED) is 0.460. The lowest BCUT2D eigenvalue weighted by molar-refractivity contribution is 0.181. The molecule has 2 atom stereocenters. The largest absolute Gasteiger partial charge is 0.300 e. The first-order valence-corrected chi connectivity index (χ1v) is 11.1. The maximum atomic E-state index is 13.5. The van der Waals surface area contributed by atoms with Crippen molar-refractivity contribution in [3.05, 3.63) is 71.5 Å². The summed E-state index contributed by atoms with van der Waals surface area (Å²) in [5, 5.41) is 10.2. The maximum absolute atomic E-state index is 13.5. The monoisotopic (exact) mass is 392 g/mol. The Kier molecular flexibility index (Phi) is 7.45. The molecule has 2 unspecified atom stereocenters. The van der Waals surface area contributed by atoms with E-state index in [1.54, 1.807) is 0 Å². The minimum absolute atomic E-state index is 0.235. The second kappa shape index (κ2) is 10.0. The van der Waals surface area contributed by atoms with E-state index in [4.69, 9.17) is 0 Å². The van der Waals surface area contributed by atoms with Crippen LogP contribution < -0.4 is 0 Å². The van der Waals surface area contributed by atoms with Gasteiger partial charge in [-0.15, -0.1) is 0 Å². The van der Waals surface area contributed by atoms with Crippen molar-refractivity contribution in [1.29, 1.82) is 5.26 Å². The van der Waals surface area contributed by atoms with E-state index >= 15 is 0 Å². The summed E-state index contributed by atoms with van der Waals surface area (Å²) in [6.07, 6.45) is 6.19. The van der Waals surface area contributed by atoms with Crippen LogP contribution in [0.25, 0.3) is 0 Å². The average molecular weight is 393 g/mol. The predicted molar refractivity (Wildman–Crippen MR) is 117 cm³/mol. The Hall–Kier alpha value is -2.18.